The molecule has 2 heterocycles. The molecule has 2 aliphatic heterocycles. The zero-order valence-corrected chi connectivity index (χ0v) is 20.6. The van der Waals surface area contributed by atoms with Gasteiger partial charge in [0.25, 0.3) is 5.91 Å². The zero-order chi connectivity index (χ0) is 23.7. The van der Waals surface area contributed by atoms with Crippen LogP contribution in [0.2, 0.25) is 5.02 Å². The van der Waals surface area contributed by atoms with Crippen LogP contribution in [0.1, 0.15) is 47.6 Å². The van der Waals surface area contributed by atoms with E-state index in [-0.39, 0.29) is 17.4 Å². The molecule has 1 amide bonds. The van der Waals surface area contributed by atoms with E-state index in [1.807, 2.05) is 41.3 Å². The smallest absolute Gasteiger partial charge is 0.256 e. The van der Waals surface area contributed by atoms with Crippen LogP contribution in [0.25, 0.3) is 0 Å². The topological polar surface area (TPSA) is 55.9 Å². The Morgan fingerprint density at radius 1 is 1.12 bits per heavy atom. The van der Waals surface area contributed by atoms with Crippen molar-refractivity contribution in [1.29, 1.82) is 0 Å². The first kappa shape index (κ1) is 23.2. The molecule has 0 radical (unpaired) electrons. The highest BCUT2D eigenvalue weighted by atomic mass is 35.5. The molecule has 1 N–H and O–H groups in total. The number of piperazine rings is 1. The maximum atomic E-state index is 14.0. The van der Waals surface area contributed by atoms with Crippen molar-refractivity contribution in [2.75, 3.05) is 56.5 Å². The lowest BCUT2D eigenvalue weighted by Crippen LogP contribution is -2.49. The fraction of sp³-hybridized carbons (Fsp3) is 0.481. The minimum absolute atomic E-state index is 0.0537. The number of aldehydes is 1. The van der Waals surface area contributed by atoms with Gasteiger partial charge >= 0.3 is 0 Å². The number of rotatable bonds is 7. The molecule has 34 heavy (non-hydrogen) atoms. The van der Waals surface area contributed by atoms with Gasteiger partial charge in [-0.15, -0.1) is 0 Å². The summed E-state index contributed by atoms with van der Waals surface area (Å²) in [5, 5.41) is 4.15. The molecule has 1 saturated carbocycles. The fourth-order valence-corrected chi connectivity index (χ4v) is 5.41. The van der Waals surface area contributed by atoms with Gasteiger partial charge in [0.1, 0.15) is 6.29 Å². The molecular weight excluding hydrogens is 448 g/mol. The van der Waals surface area contributed by atoms with Crippen molar-refractivity contribution < 1.29 is 9.59 Å². The van der Waals surface area contributed by atoms with Gasteiger partial charge in [0.05, 0.1) is 17.3 Å². The van der Waals surface area contributed by atoms with Gasteiger partial charge in [-0.3, -0.25) is 4.79 Å². The first-order valence-electron chi connectivity index (χ1n) is 12.3. The van der Waals surface area contributed by atoms with Crippen LogP contribution in [0.15, 0.2) is 42.5 Å². The van der Waals surface area contributed by atoms with Crippen LogP contribution in [0, 0.1) is 5.41 Å². The molecule has 1 aliphatic carbocycles. The van der Waals surface area contributed by atoms with Gasteiger partial charge in [-0.05, 0) is 62.6 Å². The van der Waals surface area contributed by atoms with Crippen molar-refractivity contribution in [3.05, 3.63) is 58.6 Å². The van der Waals surface area contributed by atoms with Crippen LogP contribution in [0.3, 0.4) is 0 Å². The minimum Gasteiger partial charge on any atom is -0.384 e. The molecule has 0 aromatic heterocycles. The van der Waals surface area contributed by atoms with Crippen LogP contribution < -0.4 is 10.2 Å². The van der Waals surface area contributed by atoms with E-state index in [0.29, 0.717) is 18.1 Å². The van der Waals surface area contributed by atoms with E-state index in [4.69, 9.17) is 11.6 Å². The number of amides is 1. The molecule has 2 aromatic carbocycles. The van der Waals surface area contributed by atoms with E-state index in [1.54, 1.807) is 0 Å². The number of likely N-dealkylation sites (N-methyl/N-ethyl adjacent to an activating group) is 1. The van der Waals surface area contributed by atoms with Crippen molar-refractivity contribution in [3.63, 3.8) is 0 Å². The molecule has 6 nitrogen and oxygen atoms in total. The van der Waals surface area contributed by atoms with Gasteiger partial charge in [-0.2, -0.15) is 0 Å². The number of halogens is 1. The number of hydrogen-bond acceptors (Lipinski definition) is 5. The third kappa shape index (κ3) is 4.66. The van der Waals surface area contributed by atoms with Crippen molar-refractivity contribution in [1.82, 2.24) is 9.80 Å². The number of nitrogens with one attached hydrogen (secondary N) is 1. The predicted octanol–water partition coefficient (Wildman–Crippen LogP) is 4.46. The van der Waals surface area contributed by atoms with E-state index in [9.17, 15) is 9.59 Å². The molecule has 1 unspecified atom stereocenters. The molecular formula is C27H33ClN4O2. The quantitative estimate of drug-likeness (QED) is 0.593. The maximum absolute atomic E-state index is 14.0. The molecule has 2 saturated heterocycles. The highest BCUT2D eigenvalue weighted by Crippen LogP contribution is 2.43. The Bertz CT molecular complexity index is 1060. The molecule has 1 atom stereocenters. The van der Waals surface area contributed by atoms with Gasteiger partial charge < -0.3 is 24.8 Å². The summed E-state index contributed by atoms with van der Waals surface area (Å²) in [4.78, 5) is 32.0. The lowest BCUT2D eigenvalue weighted by atomic mass is 10.00. The van der Waals surface area contributed by atoms with Crippen LogP contribution in [0.5, 0.6) is 0 Å². The molecule has 180 valence electrons. The van der Waals surface area contributed by atoms with Crippen molar-refractivity contribution in [2.45, 2.75) is 31.7 Å². The third-order valence-electron chi connectivity index (χ3n) is 7.57. The summed E-state index contributed by atoms with van der Waals surface area (Å²) in [5.74, 6) is 0.0537. The van der Waals surface area contributed by atoms with E-state index >= 15 is 0 Å². The van der Waals surface area contributed by atoms with E-state index in [1.165, 1.54) is 0 Å². The lowest BCUT2D eigenvalue weighted by Gasteiger charge is -2.41. The number of carbonyl (C=O) groups is 2. The lowest BCUT2D eigenvalue weighted by molar-refractivity contribution is -0.111. The van der Waals surface area contributed by atoms with Gasteiger partial charge in [0.2, 0.25) is 0 Å². The van der Waals surface area contributed by atoms with Crippen molar-refractivity contribution in [3.8, 4) is 0 Å². The number of benzene rings is 2. The molecule has 0 spiro atoms. The Kier molecular flexibility index (Phi) is 6.54. The SMILES string of the molecule is CN1CCN(C(=O)c2ccc(NCC3(C=O)CC3)cc2N2CCCC2)C(c2ccccc2Cl)C1. The third-order valence-corrected chi connectivity index (χ3v) is 7.91. The van der Waals surface area contributed by atoms with Gasteiger partial charge in [-0.25, -0.2) is 0 Å². The molecule has 7 heteroatoms. The van der Waals surface area contributed by atoms with Crippen LogP contribution >= 0.6 is 11.6 Å². The zero-order valence-electron chi connectivity index (χ0n) is 19.8. The molecule has 5 rings (SSSR count). The summed E-state index contributed by atoms with van der Waals surface area (Å²) in [5.41, 5.74) is 3.48. The minimum atomic E-state index is -0.204. The Hall–Kier alpha value is -2.57. The normalized spacial score (nSPS) is 22.0. The van der Waals surface area contributed by atoms with E-state index in [0.717, 1.165) is 80.7 Å². The van der Waals surface area contributed by atoms with Gasteiger partial charge in [-0.1, -0.05) is 29.8 Å². The number of hydrogen-bond donors (Lipinski definition) is 1. The first-order chi connectivity index (χ1) is 16.5. The fourth-order valence-electron chi connectivity index (χ4n) is 5.15. The van der Waals surface area contributed by atoms with Gasteiger partial charge in [0.15, 0.2) is 0 Å². The molecule has 3 aliphatic rings. The Morgan fingerprint density at radius 2 is 1.88 bits per heavy atom. The number of anilines is 2. The van der Waals surface area contributed by atoms with Crippen molar-refractivity contribution >= 4 is 35.2 Å². The summed E-state index contributed by atoms with van der Waals surface area (Å²) in [6.07, 6.45) is 5.26. The highest BCUT2D eigenvalue weighted by Gasteiger charge is 2.42. The summed E-state index contributed by atoms with van der Waals surface area (Å²) < 4.78 is 0. The average Bonchev–Trinajstić information content (AvgIpc) is 3.43. The summed E-state index contributed by atoms with van der Waals surface area (Å²) in [6.45, 7) is 4.81. The standard InChI is InChI=1S/C27H33ClN4O2/c1-30-14-15-32(25(17-30)21-6-2-3-7-23(21)28)26(34)22-9-8-20(29-18-27(19-33)10-11-27)16-24(22)31-12-4-5-13-31/h2-3,6-9,16,19,25,29H,4-5,10-15,17-18H2,1H3. The first-order valence-corrected chi connectivity index (χ1v) is 12.7. The Balaban J connectivity index is 1.45. The summed E-state index contributed by atoms with van der Waals surface area (Å²) in [7, 11) is 2.09. The Morgan fingerprint density at radius 3 is 2.59 bits per heavy atom. The maximum Gasteiger partial charge on any atom is 0.256 e. The molecule has 0 bridgehead atoms. The summed E-state index contributed by atoms with van der Waals surface area (Å²) >= 11 is 6.57. The predicted molar refractivity (Wildman–Crippen MR) is 137 cm³/mol. The van der Waals surface area contributed by atoms with Gasteiger partial charge in [0, 0.05) is 55.4 Å². The average molecular weight is 481 g/mol. The molecule has 2 aromatic rings. The second kappa shape index (κ2) is 9.59. The number of carbonyl (C=O) groups excluding carboxylic acids is 2. The van der Waals surface area contributed by atoms with E-state index < -0.39 is 0 Å². The van der Waals surface area contributed by atoms with Crippen LogP contribution in [-0.4, -0.2) is 68.3 Å². The second-order valence-electron chi connectivity index (χ2n) is 10.1. The number of nitrogens with zero attached hydrogens (tertiary/aromatic N) is 3. The largest absolute Gasteiger partial charge is 0.384 e. The van der Waals surface area contributed by atoms with E-state index in [2.05, 4.69) is 28.2 Å². The summed E-state index contributed by atoms with van der Waals surface area (Å²) in [6, 6.07) is 13.8. The van der Waals surface area contributed by atoms with Crippen LogP contribution in [0.4, 0.5) is 11.4 Å². The van der Waals surface area contributed by atoms with Crippen LogP contribution in [-0.2, 0) is 4.79 Å². The second-order valence-corrected chi connectivity index (χ2v) is 10.5. The van der Waals surface area contributed by atoms with Crippen molar-refractivity contribution in [2.24, 2.45) is 5.41 Å². The molecule has 3 fully saturated rings. The highest BCUT2D eigenvalue weighted by molar-refractivity contribution is 6.31. The Labute approximate surface area is 206 Å². The monoisotopic (exact) mass is 480 g/mol.